The largest absolute Gasteiger partial charge is 0.489 e. The van der Waals surface area contributed by atoms with Gasteiger partial charge in [-0.3, -0.25) is 0 Å². The Hall–Kier alpha value is -3.83. The van der Waals surface area contributed by atoms with Crippen molar-refractivity contribution in [3.05, 3.63) is 113 Å². The fourth-order valence-electron chi connectivity index (χ4n) is 4.28. The van der Waals surface area contributed by atoms with Gasteiger partial charge in [-0.2, -0.15) is 5.10 Å². The molecule has 0 aliphatic carbocycles. The Morgan fingerprint density at radius 3 is 2.78 bits per heavy atom. The van der Waals surface area contributed by atoms with Crippen LogP contribution in [-0.4, -0.2) is 14.6 Å². The molecule has 2 aromatic heterocycles. The third-order valence-corrected chi connectivity index (χ3v) is 6.19. The van der Waals surface area contributed by atoms with Gasteiger partial charge in [0.15, 0.2) is 0 Å². The van der Waals surface area contributed by atoms with Crippen LogP contribution in [0.1, 0.15) is 22.7 Å². The first-order valence-corrected chi connectivity index (χ1v) is 10.8. The second-order valence-corrected chi connectivity index (χ2v) is 8.16. The molecule has 6 heteroatoms. The molecule has 32 heavy (non-hydrogen) atoms. The van der Waals surface area contributed by atoms with E-state index in [1.54, 1.807) is 6.33 Å². The quantitative estimate of drug-likeness (QED) is 0.366. The summed E-state index contributed by atoms with van der Waals surface area (Å²) >= 11 is 6.29. The van der Waals surface area contributed by atoms with E-state index in [0.717, 1.165) is 44.9 Å². The van der Waals surface area contributed by atoms with Gasteiger partial charge in [0.2, 0.25) is 0 Å². The molecule has 0 saturated carbocycles. The molecule has 1 N–H and O–H groups in total. The van der Waals surface area contributed by atoms with Gasteiger partial charge >= 0.3 is 0 Å². The van der Waals surface area contributed by atoms with Crippen molar-refractivity contribution in [2.75, 3.05) is 5.32 Å². The zero-order valence-corrected chi connectivity index (χ0v) is 17.8. The Bertz CT molecular complexity index is 1450. The summed E-state index contributed by atoms with van der Waals surface area (Å²) in [7, 11) is 0. The molecule has 3 heterocycles. The molecule has 6 rings (SSSR count). The average molecular weight is 439 g/mol. The van der Waals surface area contributed by atoms with Gasteiger partial charge in [-0.15, -0.1) is 0 Å². The standard InChI is InChI=1S/C26H19ClN4O/c27-22-10-3-1-6-18(22)15-32-19-8-5-7-17(14-19)24-21-12-13-31-26(21)25(28-16-29-31)20-9-2-4-11-23(20)30-24/h1-14,16,24,30H,15H2. The second-order valence-electron chi connectivity index (χ2n) is 7.75. The number of hydrogen-bond donors (Lipinski definition) is 1. The van der Waals surface area contributed by atoms with Gasteiger partial charge in [0, 0.05) is 33.6 Å². The molecule has 0 fully saturated rings. The van der Waals surface area contributed by atoms with Crippen molar-refractivity contribution < 1.29 is 4.74 Å². The summed E-state index contributed by atoms with van der Waals surface area (Å²) < 4.78 is 7.98. The zero-order valence-electron chi connectivity index (χ0n) is 17.1. The normalized spacial score (nSPS) is 14.5. The topological polar surface area (TPSA) is 51.5 Å². The van der Waals surface area contributed by atoms with Gasteiger partial charge in [0.05, 0.1) is 11.6 Å². The highest BCUT2D eigenvalue weighted by molar-refractivity contribution is 6.31. The molecule has 1 unspecified atom stereocenters. The maximum absolute atomic E-state index is 6.29. The van der Waals surface area contributed by atoms with Crippen LogP contribution in [0.3, 0.4) is 0 Å². The number of ether oxygens (including phenoxy) is 1. The summed E-state index contributed by atoms with van der Waals surface area (Å²) in [5.41, 5.74) is 7.22. The molecule has 0 amide bonds. The van der Waals surface area contributed by atoms with E-state index in [1.807, 2.05) is 59.2 Å². The Labute approximate surface area is 190 Å². The molecule has 0 radical (unpaired) electrons. The molecular formula is C26H19ClN4O. The van der Waals surface area contributed by atoms with Gasteiger partial charge < -0.3 is 10.1 Å². The summed E-state index contributed by atoms with van der Waals surface area (Å²) in [5.74, 6) is 0.793. The van der Waals surface area contributed by atoms with Crippen molar-refractivity contribution >= 4 is 22.8 Å². The second kappa shape index (κ2) is 7.70. The molecule has 0 saturated heterocycles. The lowest BCUT2D eigenvalue weighted by atomic mass is 9.99. The minimum atomic E-state index is -0.0720. The summed E-state index contributed by atoms with van der Waals surface area (Å²) in [5, 5.41) is 8.84. The van der Waals surface area contributed by atoms with Crippen molar-refractivity contribution in [2.24, 2.45) is 0 Å². The molecule has 0 bridgehead atoms. The first kappa shape index (κ1) is 18.9. The lowest BCUT2D eigenvalue weighted by Gasteiger charge is -2.20. The fraction of sp³-hybridized carbons (Fsp3) is 0.0769. The van der Waals surface area contributed by atoms with Crippen molar-refractivity contribution in [3.8, 4) is 17.0 Å². The molecule has 1 aliphatic heterocycles. The van der Waals surface area contributed by atoms with E-state index in [0.29, 0.717) is 11.6 Å². The smallest absolute Gasteiger partial charge is 0.137 e. The molecular weight excluding hydrogens is 420 g/mol. The summed E-state index contributed by atoms with van der Waals surface area (Å²) in [6, 6.07) is 26.2. The number of benzene rings is 3. The number of nitrogens with one attached hydrogen (secondary N) is 1. The van der Waals surface area contributed by atoms with E-state index in [-0.39, 0.29) is 6.04 Å². The number of rotatable bonds is 4. The molecule has 3 aromatic carbocycles. The molecule has 5 nitrogen and oxygen atoms in total. The summed E-state index contributed by atoms with van der Waals surface area (Å²) in [6.45, 7) is 0.414. The summed E-state index contributed by atoms with van der Waals surface area (Å²) in [6.07, 6.45) is 3.59. The van der Waals surface area contributed by atoms with Gasteiger partial charge in [-0.1, -0.05) is 60.1 Å². The summed E-state index contributed by atoms with van der Waals surface area (Å²) in [4.78, 5) is 4.62. The predicted octanol–water partition coefficient (Wildman–Crippen LogP) is 6.14. The van der Waals surface area contributed by atoms with Crippen molar-refractivity contribution in [3.63, 3.8) is 0 Å². The number of para-hydroxylation sites is 1. The number of anilines is 1. The molecule has 5 aromatic rings. The minimum Gasteiger partial charge on any atom is -0.489 e. The molecule has 156 valence electrons. The van der Waals surface area contributed by atoms with E-state index in [2.05, 4.69) is 45.7 Å². The van der Waals surface area contributed by atoms with Gasteiger partial charge in [0.25, 0.3) is 0 Å². The average Bonchev–Trinajstić information content (AvgIpc) is 3.20. The van der Waals surface area contributed by atoms with Crippen LogP contribution in [0.2, 0.25) is 5.02 Å². The number of nitrogens with zero attached hydrogens (tertiary/aromatic N) is 3. The third kappa shape index (κ3) is 3.18. The van der Waals surface area contributed by atoms with E-state index in [4.69, 9.17) is 16.3 Å². The number of fused-ring (bicyclic) bond motifs is 2. The Kier molecular flexibility index (Phi) is 4.55. The van der Waals surface area contributed by atoms with Crippen LogP contribution in [0.4, 0.5) is 5.69 Å². The Morgan fingerprint density at radius 1 is 0.969 bits per heavy atom. The van der Waals surface area contributed by atoms with Crippen LogP contribution >= 0.6 is 11.6 Å². The highest BCUT2D eigenvalue weighted by Crippen LogP contribution is 2.41. The van der Waals surface area contributed by atoms with Gasteiger partial charge in [-0.05, 0) is 35.9 Å². The van der Waals surface area contributed by atoms with E-state index >= 15 is 0 Å². The Balaban J connectivity index is 1.41. The van der Waals surface area contributed by atoms with Crippen LogP contribution in [0, 0.1) is 0 Å². The Morgan fingerprint density at radius 2 is 1.84 bits per heavy atom. The van der Waals surface area contributed by atoms with Crippen LogP contribution in [-0.2, 0) is 6.61 Å². The van der Waals surface area contributed by atoms with Crippen molar-refractivity contribution in [2.45, 2.75) is 12.6 Å². The monoisotopic (exact) mass is 438 g/mol. The maximum atomic E-state index is 6.29. The molecule has 0 spiro atoms. The molecule has 1 aliphatic rings. The zero-order chi connectivity index (χ0) is 21.5. The van der Waals surface area contributed by atoms with Crippen LogP contribution < -0.4 is 10.1 Å². The lowest BCUT2D eigenvalue weighted by molar-refractivity contribution is 0.306. The van der Waals surface area contributed by atoms with E-state index in [9.17, 15) is 0 Å². The van der Waals surface area contributed by atoms with Crippen LogP contribution in [0.15, 0.2) is 91.4 Å². The third-order valence-electron chi connectivity index (χ3n) is 5.82. The lowest BCUT2D eigenvalue weighted by Crippen LogP contribution is -2.11. The van der Waals surface area contributed by atoms with Crippen LogP contribution in [0.5, 0.6) is 5.75 Å². The SMILES string of the molecule is Clc1ccccc1COc1cccc(C2Nc3ccccc3-c3ncnn4ccc2c34)c1. The van der Waals surface area contributed by atoms with E-state index < -0.39 is 0 Å². The number of aromatic nitrogens is 3. The van der Waals surface area contributed by atoms with Gasteiger partial charge in [-0.25, -0.2) is 9.50 Å². The van der Waals surface area contributed by atoms with Crippen molar-refractivity contribution in [1.29, 1.82) is 0 Å². The first-order chi connectivity index (χ1) is 15.8. The number of halogens is 1. The highest BCUT2D eigenvalue weighted by atomic mass is 35.5. The molecule has 1 atom stereocenters. The predicted molar refractivity (Wildman–Crippen MR) is 126 cm³/mol. The fourth-order valence-corrected chi connectivity index (χ4v) is 4.47. The first-order valence-electron chi connectivity index (χ1n) is 10.4. The van der Waals surface area contributed by atoms with Crippen LogP contribution in [0.25, 0.3) is 16.8 Å². The van der Waals surface area contributed by atoms with E-state index in [1.165, 1.54) is 0 Å². The number of hydrogen-bond acceptors (Lipinski definition) is 4. The maximum Gasteiger partial charge on any atom is 0.137 e. The minimum absolute atomic E-state index is 0.0720. The van der Waals surface area contributed by atoms with Crippen molar-refractivity contribution in [1.82, 2.24) is 14.6 Å². The highest BCUT2D eigenvalue weighted by Gasteiger charge is 2.26. The van der Waals surface area contributed by atoms with Gasteiger partial charge in [0.1, 0.15) is 24.4 Å².